The fraction of sp³-hybridized carbons (Fsp3) is 0.500. The first-order valence-corrected chi connectivity index (χ1v) is 5.83. The van der Waals surface area contributed by atoms with Gasteiger partial charge < -0.3 is 10.2 Å². The average Bonchev–Trinajstić information content (AvgIpc) is 2.70. The number of hydrogen-bond acceptors (Lipinski definition) is 4. The molecule has 0 unspecified atom stereocenters. The van der Waals surface area contributed by atoms with E-state index in [1.807, 2.05) is 0 Å². The van der Waals surface area contributed by atoms with E-state index in [9.17, 15) is 14.7 Å². The van der Waals surface area contributed by atoms with Crippen molar-refractivity contribution >= 4 is 6.08 Å². The van der Waals surface area contributed by atoms with E-state index in [0.29, 0.717) is 18.4 Å². The Hall–Kier alpha value is -1.66. The van der Waals surface area contributed by atoms with Crippen LogP contribution in [0, 0.1) is 5.92 Å². The molecule has 2 rings (SSSR count). The Labute approximate surface area is 103 Å². The molecule has 6 heteroatoms. The normalized spacial score (nSPS) is 27.3. The lowest BCUT2D eigenvalue weighted by Gasteiger charge is -2.13. The summed E-state index contributed by atoms with van der Waals surface area (Å²) in [5, 5.41) is 18.8. The smallest absolute Gasteiger partial charge is 0.328 e. The lowest BCUT2D eigenvalue weighted by atomic mass is 10.1. The number of aliphatic hydroxyl groups is 2. The van der Waals surface area contributed by atoms with Gasteiger partial charge in [-0.05, 0) is 12.8 Å². The van der Waals surface area contributed by atoms with Gasteiger partial charge in [-0.3, -0.25) is 14.3 Å². The molecule has 0 radical (unpaired) electrons. The fourth-order valence-corrected chi connectivity index (χ4v) is 2.41. The first-order chi connectivity index (χ1) is 8.56. The molecule has 3 atom stereocenters. The minimum atomic E-state index is -0.619. The fourth-order valence-electron chi connectivity index (χ4n) is 2.41. The van der Waals surface area contributed by atoms with Gasteiger partial charge in [0.2, 0.25) is 0 Å². The molecule has 0 aromatic carbocycles. The highest BCUT2D eigenvalue weighted by Crippen LogP contribution is 2.33. The highest BCUT2D eigenvalue weighted by atomic mass is 16.3. The highest BCUT2D eigenvalue weighted by Gasteiger charge is 2.34. The molecule has 1 aromatic rings. The third-order valence-electron chi connectivity index (χ3n) is 3.48. The highest BCUT2D eigenvalue weighted by molar-refractivity contribution is 5.43. The van der Waals surface area contributed by atoms with Crippen molar-refractivity contribution in [2.24, 2.45) is 5.92 Å². The Morgan fingerprint density at radius 3 is 2.78 bits per heavy atom. The second-order valence-corrected chi connectivity index (χ2v) is 4.59. The molecule has 98 valence electrons. The molecular formula is C12H16N2O4. The zero-order chi connectivity index (χ0) is 13.3. The van der Waals surface area contributed by atoms with Crippen LogP contribution in [0.5, 0.6) is 0 Å². The minimum absolute atomic E-state index is 0.107. The molecule has 0 bridgehead atoms. The Morgan fingerprint density at radius 2 is 2.22 bits per heavy atom. The summed E-state index contributed by atoms with van der Waals surface area (Å²) in [6.07, 6.45) is 3.12. The largest absolute Gasteiger partial charge is 0.396 e. The zero-order valence-electron chi connectivity index (χ0n) is 9.87. The van der Waals surface area contributed by atoms with E-state index in [0.717, 1.165) is 0 Å². The van der Waals surface area contributed by atoms with Gasteiger partial charge in [-0.1, -0.05) is 12.7 Å². The number of H-pyrrole nitrogens is 1. The van der Waals surface area contributed by atoms with Gasteiger partial charge >= 0.3 is 5.69 Å². The topological polar surface area (TPSA) is 95.3 Å². The van der Waals surface area contributed by atoms with Crippen molar-refractivity contribution in [3.05, 3.63) is 39.2 Å². The lowest BCUT2D eigenvalue weighted by molar-refractivity contribution is 0.0906. The van der Waals surface area contributed by atoms with Crippen LogP contribution in [0.3, 0.4) is 0 Å². The number of rotatable bonds is 3. The number of hydrogen-bond donors (Lipinski definition) is 3. The van der Waals surface area contributed by atoms with Crippen LogP contribution >= 0.6 is 0 Å². The molecule has 0 saturated heterocycles. The van der Waals surface area contributed by atoms with Crippen molar-refractivity contribution < 1.29 is 10.2 Å². The molecule has 6 nitrogen and oxygen atoms in total. The number of nitrogens with zero attached hydrogens (tertiary/aromatic N) is 1. The molecule has 1 fully saturated rings. The monoisotopic (exact) mass is 252 g/mol. The Kier molecular flexibility index (Phi) is 3.49. The molecular weight excluding hydrogens is 236 g/mol. The van der Waals surface area contributed by atoms with Crippen molar-refractivity contribution in [2.75, 3.05) is 6.61 Å². The van der Waals surface area contributed by atoms with Gasteiger partial charge in [0.25, 0.3) is 5.56 Å². The van der Waals surface area contributed by atoms with Crippen LogP contribution in [-0.2, 0) is 0 Å². The summed E-state index contributed by atoms with van der Waals surface area (Å²) in [4.78, 5) is 25.3. The zero-order valence-corrected chi connectivity index (χ0v) is 9.87. The van der Waals surface area contributed by atoms with E-state index in [4.69, 9.17) is 5.11 Å². The molecule has 1 aromatic heterocycles. The summed E-state index contributed by atoms with van der Waals surface area (Å²) in [5.41, 5.74) is -0.651. The Bertz CT molecular complexity index is 560. The summed E-state index contributed by atoms with van der Waals surface area (Å²) in [5.74, 6) is -0.221. The van der Waals surface area contributed by atoms with E-state index < -0.39 is 17.4 Å². The predicted molar refractivity (Wildman–Crippen MR) is 66.3 cm³/mol. The van der Waals surface area contributed by atoms with Gasteiger partial charge in [0.05, 0.1) is 11.7 Å². The van der Waals surface area contributed by atoms with Crippen molar-refractivity contribution in [1.82, 2.24) is 9.55 Å². The molecule has 18 heavy (non-hydrogen) atoms. The summed E-state index contributed by atoms with van der Waals surface area (Å²) in [6, 6.07) is -0.208. The molecule has 0 amide bonds. The lowest BCUT2D eigenvalue weighted by Crippen LogP contribution is -2.32. The summed E-state index contributed by atoms with van der Waals surface area (Å²) >= 11 is 0. The van der Waals surface area contributed by atoms with Crippen LogP contribution in [0.2, 0.25) is 0 Å². The van der Waals surface area contributed by atoms with Crippen LogP contribution in [0.4, 0.5) is 0 Å². The Morgan fingerprint density at radius 1 is 1.50 bits per heavy atom. The van der Waals surface area contributed by atoms with Crippen LogP contribution in [-0.4, -0.2) is 32.5 Å². The quantitative estimate of drug-likeness (QED) is 0.674. The van der Waals surface area contributed by atoms with Crippen LogP contribution in [0.15, 0.2) is 22.4 Å². The van der Waals surface area contributed by atoms with Crippen LogP contribution in [0.1, 0.15) is 24.4 Å². The van der Waals surface area contributed by atoms with Crippen molar-refractivity contribution in [3.63, 3.8) is 0 Å². The first kappa shape index (κ1) is 12.8. The maximum Gasteiger partial charge on any atom is 0.328 e. The van der Waals surface area contributed by atoms with E-state index in [2.05, 4.69) is 11.6 Å². The molecule has 1 heterocycles. The average molecular weight is 252 g/mol. The maximum absolute atomic E-state index is 11.7. The molecule has 1 aliphatic carbocycles. The van der Waals surface area contributed by atoms with Gasteiger partial charge in [-0.2, -0.15) is 0 Å². The third-order valence-corrected chi connectivity index (χ3v) is 3.48. The Balaban J connectivity index is 2.38. The van der Waals surface area contributed by atoms with E-state index in [1.54, 1.807) is 0 Å². The number of nitrogens with one attached hydrogen (secondary N) is 1. The van der Waals surface area contributed by atoms with Gasteiger partial charge in [-0.25, -0.2) is 4.79 Å². The van der Waals surface area contributed by atoms with Crippen molar-refractivity contribution in [1.29, 1.82) is 0 Å². The second kappa shape index (κ2) is 4.91. The van der Waals surface area contributed by atoms with Crippen LogP contribution in [0.25, 0.3) is 6.08 Å². The second-order valence-electron chi connectivity index (χ2n) is 4.59. The maximum atomic E-state index is 11.7. The minimum Gasteiger partial charge on any atom is -0.396 e. The standard InChI is InChI=1S/C12H16N2O4/c1-2-7-5-14(12(18)13-11(7)17)9-3-8(6-15)10(16)4-9/h2,5,8-10,15-16H,1,3-4,6H2,(H,13,17,18)/t8-,9-,10+/m1/s1. The molecule has 0 aliphatic heterocycles. The van der Waals surface area contributed by atoms with Crippen molar-refractivity contribution in [2.45, 2.75) is 25.0 Å². The van der Waals surface area contributed by atoms with E-state index in [1.165, 1.54) is 16.8 Å². The molecule has 1 saturated carbocycles. The first-order valence-electron chi connectivity index (χ1n) is 5.83. The van der Waals surface area contributed by atoms with E-state index >= 15 is 0 Å². The third kappa shape index (κ3) is 2.16. The predicted octanol–water partition coefficient (Wildman–Crippen LogP) is -0.516. The number of aromatic amines is 1. The molecule has 3 N–H and O–H groups in total. The summed E-state index contributed by atoms with van der Waals surface area (Å²) < 4.78 is 1.40. The van der Waals surface area contributed by atoms with Gasteiger partial charge in [0.1, 0.15) is 0 Å². The number of aliphatic hydroxyl groups excluding tert-OH is 2. The number of aromatic nitrogens is 2. The SMILES string of the molecule is C=Cc1cn([C@@H]2C[C@H](CO)[C@@H](O)C2)c(=O)[nH]c1=O. The summed E-state index contributed by atoms with van der Waals surface area (Å²) in [6.45, 7) is 3.40. The van der Waals surface area contributed by atoms with Gasteiger partial charge in [-0.15, -0.1) is 0 Å². The van der Waals surface area contributed by atoms with Gasteiger partial charge in [0, 0.05) is 24.8 Å². The summed E-state index contributed by atoms with van der Waals surface area (Å²) in [7, 11) is 0. The van der Waals surface area contributed by atoms with Crippen LogP contribution < -0.4 is 11.2 Å². The molecule has 1 aliphatic rings. The molecule has 0 spiro atoms. The van der Waals surface area contributed by atoms with E-state index in [-0.39, 0.29) is 18.6 Å². The van der Waals surface area contributed by atoms with Gasteiger partial charge in [0.15, 0.2) is 0 Å². The van der Waals surface area contributed by atoms with Crippen molar-refractivity contribution in [3.8, 4) is 0 Å².